The summed E-state index contributed by atoms with van der Waals surface area (Å²) in [4.78, 5) is 11.2. The molecule has 0 aliphatic heterocycles. The minimum atomic E-state index is -1.67. The molecule has 5 nitrogen and oxygen atoms in total. The summed E-state index contributed by atoms with van der Waals surface area (Å²) >= 11 is 0. The first-order valence-electron chi connectivity index (χ1n) is 5.65. The van der Waals surface area contributed by atoms with Gasteiger partial charge in [-0.2, -0.15) is 0 Å². The van der Waals surface area contributed by atoms with Crippen LogP contribution in [-0.4, -0.2) is 32.5 Å². The Hall–Kier alpha value is -0.930. The normalized spacial score (nSPS) is 12.2. The average molecular weight is 262 g/mol. The molecule has 0 spiro atoms. The standard InChI is InChI=1S/C11H20NO4P/c1-4-5-6-10(2)9-16-11(13)12-7-8-17(14)15-3/h6H,4-5,7-9H2,1-3H3/p+1/b10-6+. The van der Waals surface area contributed by atoms with Crippen molar-refractivity contribution < 1.29 is 18.6 Å². The van der Waals surface area contributed by atoms with Gasteiger partial charge in [-0.3, -0.25) is 0 Å². The summed E-state index contributed by atoms with van der Waals surface area (Å²) in [5.74, 6) is 0. The van der Waals surface area contributed by atoms with E-state index in [2.05, 4.69) is 22.8 Å². The maximum Gasteiger partial charge on any atom is 0.509 e. The first kappa shape index (κ1) is 16.1. The molecule has 0 heterocycles. The molecule has 0 aromatic heterocycles. The molecule has 0 bridgehead atoms. The molecule has 1 N–H and O–H groups in total. The molecule has 1 atom stereocenters. The number of alkyl carbamates (subject to hydrolysis) is 1. The van der Waals surface area contributed by atoms with Gasteiger partial charge in [0.25, 0.3) is 0 Å². The Kier molecular flexibility index (Phi) is 9.68. The summed E-state index contributed by atoms with van der Waals surface area (Å²) in [5.41, 5.74) is 1.03. The number of hydrogen-bond acceptors (Lipinski definition) is 4. The van der Waals surface area contributed by atoms with Crippen LogP contribution >= 0.6 is 8.03 Å². The zero-order chi connectivity index (χ0) is 13.1. The van der Waals surface area contributed by atoms with Crippen LogP contribution in [0.5, 0.6) is 0 Å². The Morgan fingerprint density at radius 1 is 1.47 bits per heavy atom. The van der Waals surface area contributed by atoms with E-state index in [9.17, 15) is 9.36 Å². The van der Waals surface area contributed by atoms with Gasteiger partial charge in [0, 0.05) is 0 Å². The third kappa shape index (κ3) is 9.97. The quantitative estimate of drug-likeness (QED) is 0.539. The highest BCUT2D eigenvalue weighted by atomic mass is 31.1. The Morgan fingerprint density at radius 2 is 2.18 bits per heavy atom. The Balaban J connectivity index is 3.62. The van der Waals surface area contributed by atoms with Crippen molar-refractivity contribution in [1.82, 2.24) is 5.32 Å². The summed E-state index contributed by atoms with van der Waals surface area (Å²) in [6.07, 6.45) is 3.92. The van der Waals surface area contributed by atoms with Crippen molar-refractivity contribution in [1.29, 1.82) is 0 Å². The number of nitrogens with one attached hydrogen (secondary N) is 1. The summed E-state index contributed by atoms with van der Waals surface area (Å²) in [5, 5.41) is 2.51. The fourth-order valence-electron chi connectivity index (χ4n) is 1.02. The minimum absolute atomic E-state index is 0.291. The predicted octanol–water partition coefficient (Wildman–Crippen LogP) is 2.85. The van der Waals surface area contributed by atoms with Crippen LogP contribution in [0.3, 0.4) is 0 Å². The van der Waals surface area contributed by atoms with Crippen LogP contribution in [0.15, 0.2) is 11.6 Å². The molecule has 98 valence electrons. The monoisotopic (exact) mass is 262 g/mol. The van der Waals surface area contributed by atoms with E-state index < -0.39 is 14.1 Å². The molecule has 0 saturated carbocycles. The zero-order valence-corrected chi connectivity index (χ0v) is 11.6. The first-order valence-corrected chi connectivity index (χ1v) is 7.01. The lowest BCUT2D eigenvalue weighted by Crippen LogP contribution is -2.27. The van der Waals surface area contributed by atoms with E-state index in [0.717, 1.165) is 18.4 Å². The maximum atomic E-state index is 11.2. The van der Waals surface area contributed by atoms with Gasteiger partial charge in [-0.05, 0) is 23.5 Å². The van der Waals surface area contributed by atoms with E-state index in [1.165, 1.54) is 7.11 Å². The van der Waals surface area contributed by atoms with Crippen LogP contribution in [0.25, 0.3) is 0 Å². The predicted molar refractivity (Wildman–Crippen MR) is 67.5 cm³/mol. The van der Waals surface area contributed by atoms with Gasteiger partial charge in [0.2, 0.25) is 0 Å². The average Bonchev–Trinajstić information content (AvgIpc) is 2.33. The van der Waals surface area contributed by atoms with Gasteiger partial charge in [0.1, 0.15) is 6.61 Å². The number of hydrogen-bond donors (Lipinski definition) is 1. The van der Waals surface area contributed by atoms with Crippen molar-refractivity contribution in [2.24, 2.45) is 0 Å². The topological polar surface area (TPSA) is 64.6 Å². The van der Waals surface area contributed by atoms with Gasteiger partial charge in [-0.15, -0.1) is 4.52 Å². The van der Waals surface area contributed by atoms with Gasteiger partial charge in [0.15, 0.2) is 6.16 Å². The van der Waals surface area contributed by atoms with Crippen LogP contribution < -0.4 is 5.32 Å². The minimum Gasteiger partial charge on any atom is -0.445 e. The molecule has 1 amide bonds. The van der Waals surface area contributed by atoms with Gasteiger partial charge in [-0.25, -0.2) is 4.79 Å². The SMILES string of the molecule is CCC/C=C(\C)COC(=O)NCC[P+](=O)OC. The number of unbranched alkanes of at least 4 members (excludes halogenated alkanes) is 1. The lowest BCUT2D eigenvalue weighted by Gasteiger charge is -2.05. The van der Waals surface area contributed by atoms with Gasteiger partial charge < -0.3 is 10.1 Å². The van der Waals surface area contributed by atoms with Crippen molar-refractivity contribution in [2.45, 2.75) is 26.7 Å². The second-order valence-electron chi connectivity index (χ2n) is 3.58. The highest BCUT2D eigenvalue weighted by molar-refractivity contribution is 7.39. The summed E-state index contributed by atoms with van der Waals surface area (Å²) in [6, 6.07) is 0. The Morgan fingerprint density at radius 3 is 2.76 bits per heavy atom. The summed E-state index contributed by atoms with van der Waals surface area (Å²) < 4.78 is 20.4. The van der Waals surface area contributed by atoms with Gasteiger partial charge >= 0.3 is 14.1 Å². The number of amides is 1. The molecule has 6 heteroatoms. The number of allylic oxidation sites excluding steroid dienone is 1. The largest absolute Gasteiger partial charge is 0.509 e. The van der Waals surface area contributed by atoms with Crippen LogP contribution in [0.4, 0.5) is 4.79 Å². The van der Waals surface area contributed by atoms with E-state index in [-0.39, 0.29) is 0 Å². The zero-order valence-electron chi connectivity index (χ0n) is 10.7. The van der Waals surface area contributed by atoms with Gasteiger partial charge in [0.05, 0.1) is 13.7 Å². The van der Waals surface area contributed by atoms with E-state index in [4.69, 9.17) is 4.74 Å². The molecule has 0 radical (unpaired) electrons. The molecule has 0 aromatic carbocycles. The van der Waals surface area contributed by atoms with Crippen molar-refractivity contribution in [2.75, 3.05) is 26.4 Å². The maximum absolute atomic E-state index is 11.2. The van der Waals surface area contributed by atoms with Crippen LogP contribution in [-0.2, 0) is 13.8 Å². The van der Waals surface area contributed by atoms with Crippen LogP contribution in [0.2, 0.25) is 0 Å². The molecule has 0 aliphatic rings. The fourth-order valence-corrected chi connectivity index (χ4v) is 1.50. The molecule has 17 heavy (non-hydrogen) atoms. The lowest BCUT2D eigenvalue weighted by atomic mass is 10.2. The van der Waals surface area contributed by atoms with Crippen molar-refractivity contribution in [3.63, 3.8) is 0 Å². The second kappa shape index (κ2) is 10.2. The molecule has 0 aromatic rings. The van der Waals surface area contributed by atoms with Crippen molar-refractivity contribution >= 4 is 14.1 Å². The van der Waals surface area contributed by atoms with Crippen molar-refractivity contribution in [3.8, 4) is 0 Å². The molecule has 1 unspecified atom stereocenters. The molecule has 0 fully saturated rings. The molecule has 0 rings (SSSR count). The number of carbonyl (C=O) groups is 1. The lowest BCUT2D eigenvalue weighted by molar-refractivity contribution is 0.156. The Labute approximate surface area is 103 Å². The number of ether oxygens (including phenoxy) is 1. The van der Waals surface area contributed by atoms with E-state index >= 15 is 0 Å². The fraction of sp³-hybridized carbons (Fsp3) is 0.727. The van der Waals surface area contributed by atoms with Crippen molar-refractivity contribution in [3.05, 3.63) is 11.6 Å². The number of carbonyl (C=O) groups excluding carboxylic acids is 1. The molecular weight excluding hydrogens is 241 g/mol. The molecule has 0 saturated heterocycles. The van der Waals surface area contributed by atoms with E-state index in [0.29, 0.717) is 19.3 Å². The molecular formula is C11H21NO4P+. The van der Waals surface area contributed by atoms with E-state index in [1.54, 1.807) is 0 Å². The highest BCUT2D eigenvalue weighted by Gasteiger charge is 2.14. The van der Waals surface area contributed by atoms with Crippen LogP contribution in [0.1, 0.15) is 26.7 Å². The summed E-state index contributed by atoms with van der Waals surface area (Å²) in [7, 11) is -0.297. The first-order chi connectivity index (χ1) is 8.10. The summed E-state index contributed by atoms with van der Waals surface area (Å²) in [6.45, 7) is 4.60. The smallest absolute Gasteiger partial charge is 0.445 e. The Bertz CT molecular complexity index is 279. The van der Waals surface area contributed by atoms with E-state index in [1.807, 2.05) is 6.92 Å². The van der Waals surface area contributed by atoms with Gasteiger partial charge in [-0.1, -0.05) is 19.4 Å². The number of rotatable bonds is 8. The molecule has 0 aliphatic carbocycles. The third-order valence-corrected chi connectivity index (χ3v) is 2.98. The van der Waals surface area contributed by atoms with Crippen LogP contribution in [0, 0.1) is 0 Å². The third-order valence-electron chi connectivity index (χ3n) is 1.98. The highest BCUT2D eigenvalue weighted by Crippen LogP contribution is 2.17. The second-order valence-corrected chi connectivity index (χ2v) is 5.06.